The van der Waals surface area contributed by atoms with Gasteiger partial charge in [0.1, 0.15) is 17.1 Å². The Morgan fingerprint density at radius 3 is 2.17 bits per heavy atom. The van der Waals surface area contributed by atoms with Crippen molar-refractivity contribution in [2.75, 3.05) is 0 Å². The molecule has 0 atom stereocenters. The van der Waals surface area contributed by atoms with Gasteiger partial charge in [-0.15, -0.1) is 0 Å². The number of benzene rings is 2. The molecule has 2 aromatic carbocycles. The van der Waals surface area contributed by atoms with Gasteiger partial charge in [-0.3, -0.25) is 15.1 Å². The molecule has 0 amide bonds. The van der Waals surface area contributed by atoms with E-state index >= 15 is 0 Å². The summed E-state index contributed by atoms with van der Waals surface area (Å²) in [5.74, 6) is 0.752. The predicted molar refractivity (Wildman–Crippen MR) is 138 cm³/mol. The number of aliphatic imine (C=N–C) groups is 1. The molecule has 4 rings (SSSR count). The molecule has 186 valence electrons. The standard InChI is InChI=1S/C28H34N2O5/c1-27(2,3)19-11-16(12-20(26(19)32)28(4,5)6)14-29-15-18-24-17-9-7-8-10-22(17)35-23(24)13-21(25(18)31)30(33)34/h11-13,15,31-32H,7-10,14H2,1-6H3. The first-order chi connectivity index (χ1) is 16.3. The van der Waals surface area contributed by atoms with Crippen molar-refractivity contribution in [2.24, 2.45) is 4.99 Å². The van der Waals surface area contributed by atoms with Gasteiger partial charge in [0.05, 0.1) is 23.1 Å². The molecular formula is C28H34N2O5. The number of nitro benzene ring substituents is 1. The Morgan fingerprint density at radius 1 is 1.00 bits per heavy atom. The third-order valence-electron chi connectivity index (χ3n) is 6.71. The maximum Gasteiger partial charge on any atom is 0.315 e. The largest absolute Gasteiger partial charge is 0.507 e. The lowest BCUT2D eigenvalue weighted by molar-refractivity contribution is -0.385. The number of nitrogens with zero attached hydrogens (tertiary/aromatic N) is 2. The minimum atomic E-state index is -0.598. The number of nitro groups is 1. The van der Waals surface area contributed by atoms with Crippen LogP contribution in [0.4, 0.5) is 5.69 Å². The lowest BCUT2D eigenvalue weighted by Crippen LogP contribution is -2.17. The van der Waals surface area contributed by atoms with Crippen LogP contribution in [0.2, 0.25) is 0 Å². The fraction of sp³-hybridized carbons (Fsp3) is 0.464. The molecule has 1 aliphatic rings. The van der Waals surface area contributed by atoms with Crippen molar-refractivity contribution in [3.8, 4) is 11.5 Å². The average molecular weight is 479 g/mol. The van der Waals surface area contributed by atoms with Gasteiger partial charge >= 0.3 is 5.69 Å². The third kappa shape index (κ3) is 4.64. The van der Waals surface area contributed by atoms with Crippen molar-refractivity contribution in [3.05, 3.63) is 61.9 Å². The third-order valence-corrected chi connectivity index (χ3v) is 6.71. The van der Waals surface area contributed by atoms with Gasteiger partial charge in [-0.25, -0.2) is 0 Å². The zero-order valence-electron chi connectivity index (χ0n) is 21.4. The van der Waals surface area contributed by atoms with Crippen LogP contribution in [-0.2, 0) is 30.2 Å². The van der Waals surface area contributed by atoms with Gasteiger partial charge in [0.15, 0.2) is 0 Å². The quantitative estimate of drug-likeness (QED) is 0.242. The van der Waals surface area contributed by atoms with E-state index in [1.165, 1.54) is 12.3 Å². The normalized spacial score (nSPS) is 14.6. The molecule has 0 bridgehead atoms. The molecule has 0 fully saturated rings. The van der Waals surface area contributed by atoms with Crippen molar-refractivity contribution >= 4 is 22.9 Å². The Balaban J connectivity index is 1.81. The predicted octanol–water partition coefficient (Wildman–Crippen LogP) is 6.85. The van der Waals surface area contributed by atoms with E-state index in [0.29, 0.717) is 28.8 Å². The minimum absolute atomic E-state index is 0.260. The maximum absolute atomic E-state index is 11.6. The molecule has 0 saturated heterocycles. The van der Waals surface area contributed by atoms with Crippen molar-refractivity contribution < 1.29 is 19.6 Å². The zero-order valence-corrected chi connectivity index (χ0v) is 21.4. The molecule has 7 nitrogen and oxygen atoms in total. The molecule has 0 aliphatic heterocycles. The van der Waals surface area contributed by atoms with Crippen LogP contribution in [0.15, 0.2) is 27.6 Å². The number of phenolic OH excluding ortho intramolecular Hbond substituents is 2. The van der Waals surface area contributed by atoms with E-state index in [-0.39, 0.29) is 16.5 Å². The van der Waals surface area contributed by atoms with E-state index in [2.05, 4.69) is 46.5 Å². The number of aromatic hydroxyl groups is 2. The summed E-state index contributed by atoms with van der Waals surface area (Å²) in [5.41, 5.74) is 3.45. The van der Waals surface area contributed by atoms with Crippen molar-refractivity contribution in [1.29, 1.82) is 0 Å². The molecule has 2 N–H and O–H groups in total. The molecule has 1 aliphatic carbocycles. The SMILES string of the molecule is CC(C)(C)c1cc(CN=Cc2c(O)c([N+](=O)[O-])cc3oc4c(c23)CCCC4)cc(C(C)(C)C)c1O. The van der Waals surface area contributed by atoms with Gasteiger partial charge in [0.2, 0.25) is 5.75 Å². The van der Waals surface area contributed by atoms with Crippen LogP contribution in [0.25, 0.3) is 11.0 Å². The van der Waals surface area contributed by atoms with E-state index in [4.69, 9.17) is 4.42 Å². The van der Waals surface area contributed by atoms with E-state index in [1.807, 2.05) is 12.1 Å². The molecule has 0 spiro atoms. The fourth-order valence-corrected chi connectivity index (χ4v) is 4.87. The molecule has 35 heavy (non-hydrogen) atoms. The number of phenols is 2. The second-order valence-corrected chi connectivity index (χ2v) is 11.5. The van der Waals surface area contributed by atoms with Crippen LogP contribution >= 0.6 is 0 Å². The summed E-state index contributed by atoms with van der Waals surface area (Å²) in [6.45, 7) is 12.6. The van der Waals surface area contributed by atoms with Crippen LogP contribution in [0.1, 0.15) is 88.0 Å². The van der Waals surface area contributed by atoms with Crippen molar-refractivity contribution in [2.45, 2.75) is 84.6 Å². The van der Waals surface area contributed by atoms with Gasteiger partial charge in [-0.2, -0.15) is 0 Å². The van der Waals surface area contributed by atoms with Gasteiger partial charge in [-0.1, -0.05) is 41.5 Å². The number of aryl methyl sites for hydroxylation is 2. The molecular weight excluding hydrogens is 444 g/mol. The summed E-state index contributed by atoms with van der Waals surface area (Å²) in [6.07, 6.45) is 5.14. The van der Waals surface area contributed by atoms with Crippen LogP contribution < -0.4 is 0 Å². The lowest BCUT2D eigenvalue weighted by atomic mass is 9.78. The summed E-state index contributed by atoms with van der Waals surface area (Å²) in [5, 5.41) is 34.1. The van der Waals surface area contributed by atoms with E-state index < -0.39 is 10.7 Å². The van der Waals surface area contributed by atoms with Gasteiger partial charge < -0.3 is 14.6 Å². The molecule has 0 radical (unpaired) electrons. The fourth-order valence-electron chi connectivity index (χ4n) is 4.87. The molecule has 0 unspecified atom stereocenters. The van der Waals surface area contributed by atoms with E-state index in [0.717, 1.165) is 53.7 Å². The summed E-state index contributed by atoms with van der Waals surface area (Å²) >= 11 is 0. The second kappa shape index (κ2) is 8.70. The number of hydrogen-bond acceptors (Lipinski definition) is 6. The molecule has 1 aromatic heterocycles. The van der Waals surface area contributed by atoms with Gasteiger partial charge in [0, 0.05) is 23.6 Å². The highest BCUT2D eigenvalue weighted by Crippen LogP contribution is 2.42. The summed E-state index contributed by atoms with van der Waals surface area (Å²) in [4.78, 5) is 15.6. The highest BCUT2D eigenvalue weighted by Gasteiger charge is 2.28. The Morgan fingerprint density at radius 2 is 1.60 bits per heavy atom. The Labute approximate surface area is 205 Å². The topological polar surface area (TPSA) is 109 Å². The second-order valence-electron chi connectivity index (χ2n) is 11.5. The number of fused-ring (bicyclic) bond motifs is 3. The lowest BCUT2D eigenvalue weighted by Gasteiger charge is -2.28. The minimum Gasteiger partial charge on any atom is -0.507 e. The number of rotatable bonds is 4. The molecule has 1 heterocycles. The molecule has 0 saturated carbocycles. The Bertz CT molecular complexity index is 1300. The smallest absolute Gasteiger partial charge is 0.315 e. The Hall–Kier alpha value is -3.35. The van der Waals surface area contributed by atoms with Gasteiger partial charge in [-0.05, 0) is 58.9 Å². The average Bonchev–Trinajstić information content (AvgIpc) is 3.12. The van der Waals surface area contributed by atoms with Gasteiger partial charge in [0.25, 0.3) is 0 Å². The van der Waals surface area contributed by atoms with Crippen LogP contribution in [0, 0.1) is 10.1 Å². The highest BCUT2D eigenvalue weighted by molar-refractivity contribution is 6.05. The number of hydrogen-bond donors (Lipinski definition) is 2. The number of furan rings is 1. The first-order valence-electron chi connectivity index (χ1n) is 12.1. The summed E-state index contributed by atoms with van der Waals surface area (Å²) < 4.78 is 5.96. The molecule has 7 heteroatoms. The monoisotopic (exact) mass is 478 g/mol. The van der Waals surface area contributed by atoms with E-state index in [1.54, 1.807) is 0 Å². The summed E-state index contributed by atoms with van der Waals surface area (Å²) in [6, 6.07) is 5.24. The first-order valence-corrected chi connectivity index (χ1v) is 12.1. The zero-order chi connectivity index (χ0) is 25.7. The van der Waals surface area contributed by atoms with Crippen molar-refractivity contribution in [3.63, 3.8) is 0 Å². The molecule has 3 aromatic rings. The maximum atomic E-state index is 11.6. The van der Waals surface area contributed by atoms with E-state index in [9.17, 15) is 20.3 Å². The Kier molecular flexibility index (Phi) is 6.16. The van der Waals surface area contributed by atoms with Crippen LogP contribution in [0.3, 0.4) is 0 Å². The van der Waals surface area contributed by atoms with Crippen molar-refractivity contribution in [1.82, 2.24) is 0 Å². The first kappa shape index (κ1) is 24.8. The highest BCUT2D eigenvalue weighted by atomic mass is 16.6. The summed E-state index contributed by atoms with van der Waals surface area (Å²) in [7, 11) is 0. The van der Waals surface area contributed by atoms with Crippen LogP contribution in [-0.4, -0.2) is 21.4 Å². The van der Waals surface area contributed by atoms with Crippen LogP contribution in [0.5, 0.6) is 11.5 Å².